The monoisotopic (exact) mass is 447 g/mol. The predicted molar refractivity (Wildman–Crippen MR) is 124 cm³/mol. The summed E-state index contributed by atoms with van der Waals surface area (Å²) in [6, 6.07) is 16.8. The van der Waals surface area contributed by atoms with Gasteiger partial charge in [-0.05, 0) is 42.3 Å². The molecule has 1 aliphatic heterocycles. The van der Waals surface area contributed by atoms with Crippen molar-refractivity contribution in [3.63, 3.8) is 0 Å². The number of ketones is 1. The molecule has 170 valence electrons. The highest BCUT2D eigenvalue weighted by molar-refractivity contribution is 6.11. The van der Waals surface area contributed by atoms with Crippen molar-refractivity contribution >= 4 is 11.7 Å². The van der Waals surface area contributed by atoms with E-state index < -0.39 is 29.1 Å². The first-order valence-corrected chi connectivity index (χ1v) is 11.0. The number of rotatable bonds is 6. The number of piperazine rings is 1. The zero-order valence-corrected chi connectivity index (χ0v) is 18.5. The van der Waals surface area contributed by atoms with E-state index in [1.165, 1.54) is 46.7 Å². The fourth-order valence-electron chi connectivity index (χ4n) is 4.09. The number of aromatic nitrogens is 1. The number of nitrogens with zero attached hydrogens (tertiary/aromatic N) is 3. The average molecular weight is 448 g/mol. The van der Waals surface area contributed by atoms with Crippen molar-refractivity contribution < 1.29 is 14.0 Å². The van der Waals surface area contributed by atoms with E-state index in [0.717, 1.165) is 12.1 Å². The second-order valence-corrected chi connectivity index (χ2v) is 8.31. The fourth-order valence-corrected chi connectivity index (χ4v) is 4.09. The molecule has 1 saturated heterocycles. The van der Waals surface area contributed by atoms with E-state index in [0.29, 0.717) is 26.2 Å². The molecule has 1 aromatic heterocycles. The van der Waals surface area contributed by atoms with Gasteiger partial charge in [-0.25, -0.2) is 4.39 Å². The Balaban J connectivity index is 1.56. The number of amides is 1. The van der Waals surface area contributed by atoms with Gasteiger partial charge in [0, 0.05) is 50.6 Å². The maximum atomic E-state index is 13.6. The van der Waals surface area contributed by atoms with E-state index in [2.05, 4.69) is 17.0 Å². The van der Waals surface area contributed by atoms with Gasteiger partial charge in [-0.2, -0.15) is 0 Å². The van der Waals surface area contributed by atoms with Crippen LogP contribution in [0, 0.1) is 12.7 Å². The van der Waals surface area contributed by atoms with Crippen LogP contribution in [0.15, 0.2) is 77.7 Å². The Morgan fingerprint density at radius 1 is 0.909 bits per heavy atom. The first-order chi connectivity index (χ1) is 15.9. The Morgan fingerprint density at radius 3 is 2.24 bits per heavy atom. The number of carbonyl (C=O) groups is 2. The molecule has 0 radical (unpaired) electrons. The number of Topliss-reactive ketones (excluding diaryl/α,β-unsaturated/α-hetero) is 1. The minimum absolute atomic E-state index is 0.186. The topological polar surface area (TPSA) is 62.6 Å². The summed E-state index contributed by atoms with van der Waals surface area (Å²) in [7, 11) is 0. The van der Waals surface area contributed by atoms with E-state index >= 15 is 0 Å². The van der Waals surface area contributed by atoms with Gasteiger partial charge in [0.15, 0.2) is 11.8 Å². The summed E-state index contributed by atoms with van der Waals surface area (Å²) in [5.74, 6) is -1.42. The van der Waals surface area contributed by atoms with Crippen LogP contribution in [0.25, 0.3) is 0 Å². The number of hydrogen-bond acceptors (Lipinski definition) is 4. The summed E-state index contributed by atoms with van der Waals surface area (Å²) in [5.41, 5.74) is 1.71. The SMILES string of the molecule is Cc1ccc(=O)n([C@H](C(=O)c2ccc(F)cc2)C(=O)N2CCN(Cc3ccccc3)CC2)c1. The highest BCUT2D eigenvalue weighted by atomic mass is 19.1. The largest absolute Gasteiger partial charge is 0.338 e. The van der Waals surface area contributed by atoms with Crippen molar-refractivity contribution in [2.75, 3.05) is 26.2 Å². The first kappa shape index (κ1) is 22.6. The number of pyridine rings is 1. The number of hydrogen-bond donors (Lipinski definition) is 0. The second kappa shape index (κ2) is 9.92. The van der Waals surface area contributed by atoms with Crippen LogP contribution < -0.4 is 5.56 Å². The van der Waals surface area contributed by atoms with Gasteiger partial charge in [0.05, 0.1) is 0 Å². The molecule has 1 aliphatic rings. The molecule has 33 heavy (non-hydrogen) atoms. The van der Waals surface area contributed by atoms with Gasteiger partial charge in [-0.1, -0.05) is 36.4 Å². The van der Waals surface area contributed by atoms with Gasteiger partial charge in [-0.3, -0.25) is 23.9 Å². The Morgan fingerprint density at radius 2 is 1.58 bits per heavy atom. The summed E-state index contributed by atoms with van der Waals surface area (Å²) in [4.78, 5) is 43.4. The van der Waals surface area contributed by atoms with Crippen LogP contribution in [0.1, 0.15) is 27.5 Å². The Bertz CT molecular complexity index is 1180. The van der Waals surface area contributed by atoms with E-state index in [1.807, 2.05) is 18.2 Å². The Hall–Kier alpha value is -3.58. The minimum Gasteiger partial charge on any atom is -0.338 e. The molecule has 0 bridgehead atoms. The Labute approximate surface area is 191 Å². The molecule has 0 spiro atoms. The standard InChI is InChI=1S/C26H26FN3O3/c1-19-7-12-23(31)30(17-19)24(25(32)21-8-10-22(27)11-9-21)26(33)29-15-13-28(14-16-29)18-20-5-3-2-4-6-20/h2-12,17,24H,13-16,18H2,1H3/t24-/m1/s1. The summed E-state index contributed by atoms with van der Waals surface area (Å²) in [6.45, 7) is 4.83. The molecule has 0 unspecified atom stereocenters. The van der Waals surface area contributed by atoms with Crippen molar-refractivity contribution in [3.05, 3.63) is 106 Å². The normalized spacial score (nSPS) is 15.3. The van der Waals surface area contributed by atoms with Crippen molar-refractivity contribution in [1.29, 1.82) is 0 Å². The molecular weight excluding hydrogens is 421 g/mol. The van der Waals surface area contributed by atoms with E-state index in [9.17, 15) is 18.8 Å². The van der Waals surface area contributed by atoms with Gasteiger partial charge >= 0.3 is 0 Å². The van der Waals surface area contributed by atoms with Crippen molar-refractivity contribution in [2.24, 2.45) is 0 Å². The quantitative estimate of drug-likeness (QED) is 0.431. The summed E-state index contributed by atoms with van der Waals surface area (Å²) in [5, 5.41) is 0. The molecule has 4 rings (SSSR count). The van der Waals surface area contributed by atoms with Crippen LogP contribution in [0.4, 0.5) is 4.39 Å². The van der Waals surface area contributed by atoms with Gasteiger partial charge < -0.3 is 4.90 Å². The molecule has 3 aromatic rings. The second-order valence-electron chi connectivity index (χ2n) is 8.31. The van der Waals surface area contributed by atoms with Gasteiger partial charge in [0.1, 0.15) is 5.82 Å². The van der Waals surface area contributed by atoms with Crippen LogP contribution in [0.5, 0.6) is 0 Å². The molecule has 1 atom stereocenters. The first-order valence-electron chi connectivity index (χ1n) is 11.0. The van der Waals surface area contributed by atoms with Gasteiger partial charge in [-0.15, -0.1) is 0 Å². The summed E-state index contributed by atoms with van der Waals surface area (Å²) in [6.07, 6.45) is 1.53. The maximum absolute atomic E-state index is 13.6. The van der Waals surface area contributed by atoms with Crippen molar-refractivity contribution in [2.45, 2.75) is 19.5 Å². The van der Waals surface area contributed by atoms with Crippen LogP contribution >= 0.6 is 0 Å². The lowest BCUT2D eigenvalue weighted by Gasteiger charge is -2.36. The Kier molecular flexibility index (Phi) is 6.79. The van der Waals surface area contributed by atoms with Crippen molar-refractivity contribution in [3.8, 4) is 0 Å². The lowest BCUT2D eigenvalue weighted by molar-refractivity contribution is -0.135. The smallest absolute Gasteiger partial charge is 0.253 e. The van der Waals surface area contributed by atoms with E-state index in [-0.39, 0.29) is 5.56 Å². The minimum atomic E-state index is -1.33. The molecule has 6 nitrogen and oxygen atoms in total. The van der Waals surface area contributed by atoms with E-state index in [1.54, 1.807) is 17.9 Å². The molecule has 1 amide bonds. The molecule has 2 aromatic carbocycles. The van der Waals surface area contributed by atoms with Crippen LogP contribution in [-0.2, 0) is 11.3 Å². The average Bonchev–Trinajstić information content (AvgIpc) is 2.83. The van der Waals surface area contributed by atoms with Gasteiger partial charge in [0.25, 0.3) is 11.5 Å². The number of carbonyl (C=O) groups excluding carboxylic acids is 2. The lowest BCUT2D eigenvalue weighted by atomic mass is 10.0. The van der Waals surface area contributed by atoms with Crippen molar-refractivity contribution in [1.82, 2.24) is 14.4 Å². The predicted octanol–water partition coefficient (Wildman–Crippen LogP) is 3.06. The number of benzene rings is 2. The highest BCUT2D eigenvalue weighted by Crippen LogP contribution is 2.19. The lowest BCUT2D eigenvalue weighted by Crippen LogP contribution is -2.52. The molecule has 0 aliphatic carbocycles. The third-order valence-electron chi connectivity index (χ3n) is 5.91. The molecule has 0 saturated carbocycles. The molecule has 7 heteroatoms. The molecule has 0 N–H and O–H groups in total. The third-order valence-corrected chi connectivity index (χ3v) is 5.91. The number of halogens is 1. The van der Waals surface area contributed by atoms with Crippen LogP contribution in [0.2, 0.25) is 0 Å². The fraction of sp³-hybridized carbons (Fsp3) is 0.269. The summed E-state index contributed by atoms with van der Waals surface area (Å²) >= 11 is 0. The highest BCUT2D eigenvalue weighted by Gasteiger charge is 2.35. The van der Waals surface area contributed by atoms with Crippen LogP contribution in [0.3, 0.4) is 0 Å². The molecular formula is C26H26FN3O3. The molecule has 2 heterocycles. The maximum Gasteiger partial charge on any atom is 0.253 e. The zero-order valence-electron chi connectivity index (χ0n) is 18.5. The summed E-state index contributed by atoms with van der Waals surface area (Å²) < 4.78 is 14.6. The zero-order chi connectivity index (χ0) is 23.4. The molecule has 1 fully saturated rings. The third kappa shape index (κ3) is 5.26. The van der Waals surface area contributed by atoms with E-state index in [4.69, 9.17) is 0 Å². The van der Waals surface area contributed by atoms with Crippen LogP contribution in [-0.4, -0.2) is 52.2 Å². The number of aryl methyl sites for hydroxylation is 1. The van der Waals surface area contributed by atoms with Gasteiger partial charge in [0.2, 0.25) is 0 Å².